The zero-order valence-electron chi connectivity index (χ0n) is 29.9. The van der Waals surface area contributed by atoms with Crippen molar-refractivity contribution < 1.29 is 8.42 Å². The fraction of sp³-hybridized carbons (Fsp3) is 0.0196. The Bertz CT molecular complexity index is 3280. The van der Waals surface area contributed by atoms with Crippen molar-refractivity contribution in [1.82, 2.24) is 9.97 Å². The van der Waals surface area contributed by atoms with Crippen LogP contribution in [0.25, 0.3) is 78.1 Å². The van der Waals surface area contributed by atoms with Crippen LogP contribution in [0, 0.1) is 0 Å². The number of hydrogen-bond acceptors (Lipinski definition) is 4. The largest absolute Gasteiger partial charge is 0.228 e. The summed E-state index contributed by atoms with van der Waals surface area (Å²) in [7, 11) is -3.83. The Morgan fingerprint density at radius 2 is 1.00 bits per heavy atom. The Balaban J connectivity index is 1.23. The van der Waals surface area contributed by atoms with Gasteiger partial charge in [0.15, 0.2) is 5.82 Å². The molecule has 0 saturated carbocycles. The van der Waals surface area contributed by atoms with Gasteiger partial charge in [-0.3, -0.25) is 0 Å². The topological polar surface area (TPSA) is 59.9 Å². The summed E-state index contributed by atoms with van der Waals surface area (Å²) in [4.78, 5) is 11.3. The molecule has 0 N–H and O–H groups in total. The van der Waals surface area contributed by atoms with Gasteiger partial charge in [0.2, 0.25) is 9.84 Å². The second-order valence-corrected chi connectivity index (χ2v) is 16.6. The van der Waals surface area contributed by atoms with E-state index in [1.807, 2.05) is 66.7 Å². The third kappa shape index (κ3) is 3.99. The van der Waals surface area contributed by atoms with E-state index in [0.29, 0.717) is 15.6 Å². The number of fused-ring (bicyclic) bond motifs is 17. The summed E-state index contributed by atoms with van der Waals surface area (Å²) >= 11 is 0. The molecule has 1 aromatic heterocycles. The lowest BCUT2D eigenvalue weighted by atomic mass is 9.65. The van der Waals surface area contributed by atoms with Crippen LogP contribution in [0.3, 0.4) is 0 Å². The molecule has 0 fully saturated rings. The van der Waals surface area contributed by atoms with Crippen LogP contribution in [-0.4, -0.2) is 18.4 Å². The molecule has 0 amide bonds. The molecule has 5 heteroatoms. The maximum absolute atomic E-state index is 14.7. The number of benzene rings is 8. The fourth-order valence-corrected chi connectivity index (χ4v) is 11.7. The number of nitrogens with zero attached hydrogens (tertiary/aromatic N) is 2. The third-order valence-electron chi connectivity index (χ3n) is 12.1. The number of para-hydroxylation sites is 1. The molecule has 2 heterocycles. The number of aromatic nitrogens is 2. The van der Waals surface area contributed by atoms with Crippen LogP contribution >= 0.6 is 0 Å². The molecule has 8 aromatic carbocycles. The van der Waals surface area contributed by atoms with E-state index in [1.54, 1.807) is 6.07 Å². The lowest BCUT2D eigenvalue weighted by Gasteiger charge is -2.35. The van der Waals surface area contributed by atoms with Crippen LogP contribution in [0.2, 0.25) is 0 Å². The zero-order chi connectivity index (χ0) is 37.2. The highest BCUT2D eigenvalue weighted by atomic mass is 32.2. The van der Waals surface area contributed by atoms with Gasteiger partial charge in [-0.15, -0.1) is 0 Å². The molecule has 1 aliphatic heterocycles. The van der Waals surface area contributed by atoms with Gasteiger partial charge in [-0.25, -0.2) is 18.4 Å². The first-order chi connectivity index (χ1) is 27.5. The van der Waals surface area contributed by atoms with E-state index in [-0.39, 0.29) is 0 Å². The normalized spacial score (nSPS) is 16.2. The number of hydrogen-bond donors (Lipinski definition) is 0. The second-order valence-electron chi connectivity index (χ2n) is 14.8. The van der Waals surface area contributed by atoms with Gasteiger partial charge < -0.3 is 0 Å². The van der Waals surface area contributed by atoms with E-state index in [1.165, 1.54) is 0 Å². The van der Waals surface area contributed by atoms with Gasteiger partial charge in [0.05, 0.1) is 26.4 Å². The smallest absolute Gasteiger partial charge is 0.208 e. The molecular formula is C51H30N2O2S. The van der Waals surface area contributed by atoms with Crippen LogP contribution in [0.1, 0.15) is 22.3 Å². The molecular weight excluding hydrogens is 705 g/mol. The summed E-state index contributed by atoms with van der Waals surface area (Å²) < 4.78 is 29.5. The summed E-state index contributed by atoms with van der Waals surface area (Å²) in [5.41, 5.74) is 14.6. The van der Waals surface area contributed by atoms with E-state index in [9.17, 15) is 8.42 Å². The van der Waals surface area contributed by atoms with Crippen molar-refractivity contribution in [3.63, 3.8) is 0 Å². The Hall–Kier alpha value is -6.95. The zero-order valence-corrected chi connectivity index (χ0v) is 30.8. The van der Waals surface area contributed by atoms with Crippen molar-refractivity contribution in [2.45, 2.75) is 15.2 Å². The minimum Gasteiger partial charge on any atom is -0.228 e. The molecule has 1 unspecified atom stereocenters. The molecule has 56 heavy (non-hydrogen) atoms. The number of sulfone groups is 1. The van der Waals surface area contributed by atoms with E-state index >= 15 is 0 Å². The van der Waals surface area contributed by atoms with Crippen molar-refractivity contribution in [2.24, 2.45) is 0 Å². The van der Waals surface area contributed by atoms with Gasteiger partial charge in [0.25, 0.3) is 0 Å². The summed E-state index contributed by atoms with van der Waals surface area (Å²) in [6, 6.07) is 62.4. The van der Waals surface area contributed by atoms with Gasteiger partial charge in [-0.2, -0.15) is 0 Å². The molecule has 2 aliphatic carbocycles. The quantitative estimate of drug-likeness (QED) is 0.177. The molecule has 0 radical (unpaired) electrons. The average Bonchev–Trinajstić information content (AvgIpc) is 3.64. The van der Waals surface area contributed by atoms with Crippen LogP contribution in [0.15, 0.2) is 192 Å². The lowest BCUT2D eigenvalue weighted by Crippen LogP contribution is -2.29. The van der Waals surface area contributed by atoms with Crippen molar-refractivity contribution in [3.05, 3.63) is 204 Å². The highest BCUT2D eigenvalue weighted by Gasteiger charge is 2.52. The lowest BCUT2D eigenvalue weighted by molar-refractivity contribution is 0.599. The Morgan fingerprint density at radius 3 is 1.79 bits per heavy atom. The van der Waals surface area contributed by atoms with Crippen LogP contribution in [0.5, 0.6) is 0 Å². The average molecular weight is 735 g/mol. The van der Waals surface area contributed by atoms with Crippen molar-refractivity contribution in [1.29, 1.82) is 0 Å². The molecule has 9 aromatic rings. The van der Waals surface area contributed by atoms with E-state index in [2.05, 4.69) is 109 Å². The van der Waals surface area contributed by atoms with E-state index in [4.69, 9.17) is 9.97 Å². The number of rotatable bonds is 2. The molecule has 1 spiro atoms. The monoisotopic (exact) mass is 734 g/mol. The van der Waals surface area contributed by atoms with Crippen molar-refractivity contribution >= 4 is 20.7 Å². The van der Waals surface area contributed by atoms with Gasteiger partial charge in [-0.1, -0.05) is 164 Å². The third-order valence-corrected chi connectivity index (χ3v) is 14.0. The van der Waals surface area contributed by atoms with Gasteiger partial charge in [-0.05, 0) is 68.3 Å². The standard InChI is InChI=1S/C51H30N2O2S/c54-56(55)46-25-13-9-19-37(46)38-28-29-43-47(49(38)56)39-20-7-11-23-42(39)51(43)41-22-10-6-18-35(41)33-16-4-5-17-34(33)36-27-26-32(30-44(36)51)50-52-45-24-12-8-21-40(45)48(53-50)31-14-2-1-3-15-31/h1-30H. The summed E-state index contributed by atoms with van der Waals surface area (Å²) in [6.45, 7) is 0. The maximum Gasteiger partial charge on any atom is 0.208 e. The SMILES string of the molecule is O=S1(=O)c2ccccc2-c2ccc3c(c21)-c1ccccc1C31c2ccccc2-c2ccccc2-c2ccc(-c3nc(-c4ccccc4)c4ccccc4n3)cc21. The molecule has 262 valence electrons. The van der Waals surface area contributed by atoms with Crippen LogP contribution in [-0.2, 0) is 15.3 Å². The molecule has 4 nitrogen and oxygen atoms in total. The first kappa shape index (κ1) is 31.4. The molecule has 12 rings (SSSR count). The molecule has 3 aliphatic rings. The highest BCUT2D eigenvalue weighted by molar-refractivity contribution is 7.92. The Labute approximate surface area is 324 Å². The van der Waals surface area contributed by atoms with Gasteiger partial charge >= 0.3 is 0 Å². The summed E-state index contributed by atoms with van der Waals surface area (Å²) in [6.07, 6.45) is 0. The van der Waals surface area contributed by atoms with E-state index < -0.39 is 15.3 Å². The summed E-state index contributed by atoms with van der Waals surface area (Å²) in [5.74, 6) is 0.629. The van der Waals surface area contributed by atoms with Gasteiger partial charge in [0.1, 0.15) is 0 Å². The van der Waals surface area contributed by atoms with E-state index in [0.717, 1.165) is 94.5 Å². The minimum absolute atomic E-state index is 0.362. The predicted octanol–water partition coefficient (Wildman–Crippen LogP) is 11.8. The molecule has 0 saturated heterocycles. The van der Waals surface area contributed by atoms with Crippen LogP contribution in [0.4, 0.5) is 0 Å². The van der Waals surface area contributed by atoms with Gasteiger partial charge in [0, 0.05) is 33.2 Å². The first-order valence-electron chi connectivity index (χ1n) is 18.8. The first-order valence-corrected chi connectivity index (χ1v) is 20.3. The van der Waals surface area contributed by atoms with Crippen LogP contribution < -0.4 is 0 Å². The fourth-order valence-electron chi connectivity index (χ4n) is 9.83. The summed E-state index contributed by atoms with van der Waals surface area (Å²) in [5, 5.41) is 0.992. The molecule has 1 atom stereocenters. The second kappa shape index (κ2) is 11.3. The predicted molar refractivity (Wildman–Crippen MR) is 223 cm³/mol. The minimum atomic E-state index is -3.83. The van der Waals surface area contributed by atoms with Crippen molar-refractivity contribution in [2.75, 3.05) is 0 Å². The molecule has 0 bridgehead atoms. The Morgan fingerprint density at radius 1 is 0.411 bits per heavy atom. The maximum atomic E-state index is 14.7. The Kier molecular flexibility index (Phi) is 6.33. The van der Waals surface area contributed by atoms with Crippen molar-refractivity contribution in [3.8, 4) is 67.2 Å². The highest BCUT2D eigenvalue weighted by Crippen LogP contribution is 2.64.